The van der Waals surface area contributed by atoms with Crippen molar-refractivity contribution in [2.45, 2.75) is 6.54 Å². The van der Waals surface area contributed by atoms with E-state index < -0.39 is 5.91 Å². The van der Waals surface area contributed by atoms with Crippen molar-refractivity contribution in [3.8, 4) is 0 Å². The lowest BCUT2D eigenvalue weighted by atomic mass is 9.95. The Morgan fingerprint density at radius 2 is 2.05 bits per heavy atom. The van der Waals surface area contributed by atoms with E-state index in [4.69, 9.17) is 19.1 Å². The Morgan fingerprint density at radius 3 is 2.55 bits per heavy atom. The lowest BCUT2D eigenvalue weighted by Crippen LogP contribution is -2.22. The number of nitrogens with two attached hydrogens (primary N) is 1. The van der Waals surface area contributed by atoms with Crippen LogP contribution in [0.25, 0.3) is 0 Å². The number of carbonyl (C=O) groups excluding carboxylic acids is 2. The summed E-state index contributed by atoms with van der Waals surface area (Å²) in [5.41, 5.74) is 13.5. The highest BCUT2D eigenvalue weighted by Crippen LogP contribution is 2.04. The first-order valence-corrected chi connectivity index (χ1v) is 5.55. The molecule has 1 aromatic rings. The lowest BCUT2D eigenvalue weighted by Gasteiger charge is -2.03. The number of nitrogens with zero attached hydrogens (tertiary/aromatic N) is 2. The molecule has 0 atom stereocenters. The largest absolute Gasteiger partial charge is 0.365 e. The van der Waals surface area contributed by atoms with Crippen LogP contribution < -0.4 is 16.5 Å². The Balaban J connectivity index is 2.95. The summed E-state index contributed by atoms with van der Waals surface area (Å²) in [6.07, 6.45) is 1.42. The van der Waals surface area contributed by atoms with Crippen LogP contribution in [-0.2, 0) is 16.1 Å². The van der Waals surface area contributed by atoms with Crippen molar-refractivity contribution in [3.05, 3.63) is 41.6 Å². The number of hydrogen-bond donors (Lipinski definition) is 3. The average Bonchev–Trinajstić information content (AvgIpc) is 2.44. The molecule has 1 aromatic carbocycles. The second-order valence-corrected chi connectivity index (χ2v) is 3.70. The summed E-state index contributed by atoms with van der Waals surface area (Å²) in [5.74, 6) is -1.00. The first-order chi connectivity index (χ1) is 9.58. The van der Waals surface area contributed by atoms with Gasteiger partial charge in [0.1, 0.15) is 13.4 Å². The quantitative estimate of drug-likeness (QED) is 0.161. The van der Waals surface area contributed by atoms with E-state index in [1.807, 2.05) is 0 Å². The van der Waals surface area contributed by atoms with Gasteiger partial charge in [0.15, 0.2) is 5.84 Å². The number of hydrogen-bond acceptors (Lipinski definition) is 4. The predicted octanol–water partition coefficient (Wildman–Crippen LogP) is -0.475. The molecule has 0 aliphatic carbocycles. The van der Waals surface area contributed by atoms with Crippen molar-refractivity contribution in [1.29, 1.82) is 5.53 Å². The number of primary amides is 1. The molecule has 1 rings (SSSR count). The number of amides is 2. The third-order valence-electron chi connectivity index (χ3n) is 2.30. The van der Waals surface area contributed by atoms with Gasteiger partial charge >= 0.3 is 0 Å². The van der Waals surface area contributed by atoms with Crippen LogP contribution in [0.4, 0.5) is 0 Å². The third-order valence-corrected chi connectivity index (χ3v) is 2.30. The van der Waals surface area contributed by atoms with Gasteiger partial charge in [0, 0.05) is 6.20 Å². The smallest absolute Gasteiger partial charge is 0.254 e. The summed E-state index contributed by atoms with van der Waals surface area (Å²) in [6, 6.07) is 6.94. The Morgan fingerprint density at radius 1 is 1.40 bits per heavy atom. The molecule has 0 heterocycles. The zero-order valence-electron chi connectivity index (χ0n) is 10.5. The first-order valence-electron chi connectivity index (χ1n) is 5.55. The number of nitrogens with one attached hydrogen (secondary N) is 2. The number of rotatable bonds is 6. The number of amidine groups is 1. The molecule has 0 spiro atoms. The fraction of sp³-hybridized carbons (Fsp3) is 0.0833. The molecule has 20 heavy (non-hydrogen) atoms. The maximum atomic E-state index is 11.2. The van der Waals surface area contributed by atoms with Gasteiger partial charge in [-0.15, -0.1) is 5.11 Å². The normalized spacial score (nSPS) is 11.8. The van der Waals surface area contributed by atoms with Crippen LogP contribution in [0, 0.1) is 5.53 Å². The fourth-order valence-corrected chi connectivity index (χ4v) is 1.33. The Bertz CT molecular complexity index is 566. The molecule has 0 saturated carbocycles. The van der Waals surface area contributed by atoms with Crippen LogP contribution in [0.2, 0.25) is 0 Å². The Labute approximate surface area is 116 Å². The maximum absolute atomic E-state index is 11.2. The van der Waals surface area contributed by atoms with Crippen LogP contribution in [0.15, 0.2) is 46.1 Å². The molecule has 2 radical (unpaired) electrons. The van der Waals surface area contributed by atoms with Gasteiger partial charge in [0.05, 0.1) is 6.54 Å². The molecule has 2 amide bonds. The van der Waals surface area contributed by atoms with E-state index in [0.717, 1.165) is 11.8 Å². The minimum atomic E-state index is -0.841. The summed E-state index contributed by atoms with van der Waals surface area (Å²) in [4.78, 5) is 25.4. The summed E-state index contributed by atoms with van der Waals surface area (Å²) in [5, 5.41) is 5.31. The van der Waals surface area contributed by atoms with Gasteiger partial charge < -0.3 is 11.1 Å². The van der Waals surface area contributed by atoms with Crippen molar-refractivity contribution in [2.24, 2.45) is 15.8 Å². The maximum Gasteiger partial charge on any atom is 0.254 e. The van der Waals surface area contributed by atoms with Crippen LogP contribution in [0.5, 0.6) is 0 Å². The van der Waals surface area contributed by atoms with E-state index in [-0.39, 0.29) is 18.0 Å². The highest BCUT2D eigenvalue weighted by atomic mass is 16.1. The second-order valence-electron chi connectivity index (χ2n) is 3.70. The topological polar surface area (TPSA) is 121 Å². The number of carbonyl (C=O) groups is 2. The zero-order valence-corrected chi connectivity index (χ0v) is 10.5. The summed E-state index contributed by atoms with van der Waals surface area (Å²) < 4.78 is 0. The average molecular weight is 269 g/mol. The molecule has 0 saturated heterocycles. The molecule has 4 N–H and O–H groups in total. The monoisotopic (exact) mass is 269 g/mol. The van der Waals surface area contributed by atoms with E-state index in [0.29, 0.717) is 11.9 Å². The van der Waals surface area contributed by atoms with Crippen LogP contribution in [0.1, 0.15) is 5.56 Å². The van der Waals surface area contributed by atoms with Crippen LogP contribution >= 0.6 is 0 Å². The third kappa shape index (κ3) is 4.49. The van der Waals surface area contributed by atoms with Crippen molar-refractivity contribution in [1.82, 2.24) is 5.32 Å². The van der Waals surface area contributed by atoms with E-state index in [1.165, 1.54) is 0 Å². The highest BCUT2D eigenvalue weighted by molar-refractivity contribution is 6.32. The van der Waals surface area contributed by atoms with Gasteiger partial charge in [-0.25, -0.2) is 5.53 Å². The molecule has 7 nitrogen and oxygen atoms in total. The molecule has 0 aliphatic rings. The fourth-order valence-electron chi connectivity index (χ4n) is 1.33. The SMILES string of the molecule is [B]c1ccc(CN=C(N=N)/C(=C/NC=O)C(N)=O)cc1. The predicted molar refractivity (Wildman–Crippen MR) is 74.6 cm³/mol. The van der Waals surface area contributed by atoms with Crippen LogP contribution in [-0.4, -0.2) is 26.0 Å². The molecule has 0 unspecified atom stereocenters. The van der Waals surface area contributed by atoms with Crippen molar-refractivity contribution in [2.75, 3.05) is 0 Å². The second kappa shape index (κ2) is 7.62. The van der Waals surface area contributed by atoms with Gasteiger partial charge in [-0.3, -0.25) is 14.6 Å². The van der Waals surface area contributed by atoms with Crippen molar-refractivity contribution in [3.63, 3.8) is 0 Å². The minimum absolute atomic E-state index is 0.150. The molecule has 0 bridgehead atoms. The van der Waals surface area contributed by atoms with Gasteiger partial charge in [-0.05, 0) is 5.56 Å². The highest BCUT2D eigenvalue weighted by Gasteiger charge is 2.12. The Kier molecular flexibility index (Phi) is 5.83. The lowest BCUT2D eigenvalue weighted by molar-refractivity contribution is -0.114. The molecule has 100 valence electrons. The van der Waals surface area contributed by atoms with Gasteiger partial charge in [-0.1, -0.05) is 29.7 Å². The van der Waals surface area contributed by atoms with Crippen molar-refractivity contribution < 1.29 is 9.59 Å². The number of aliphatic imine (C=N–C) groups is 1. The molecular formula is C12H12BN5O2. The number of benzene rings is 1. The molecule has 0 aliphatic heterocycles. The summed E-state index contributed by atoms with van der Waals surface area (Å²) in [7, 11) is 5.56. The van der Waals surface area contributed by atoms with Gasteiger partial charge in [0.2, 0.25) is 6.41 Å². The Hall–Kier alpha value is -2.77. The zero-order chi connectivity index (χ0) is 15.0. The van der Waals surface area contributed by atoms with E-state index >= 15 is 0 Å². The van der Waals surface area contributed by atoms with Crippen LogP contribution in [0.3, 0.4) is 0 Å². The van der Waals surface area contributed by atoms with Gasteiger partial charge in [0.25, 0.3) is 5.91 Å². The van der Waals surface area contributed by atoms with E-state index in [1.54, 1.807) is 24.3 Å². The first kappa shape index (κ1) is 15.3. The minimum Gasteiger partial charge on any atom is -0.365 e. The van der Waals surface area contributed by atoms with E-state index in [2.05, 4.69) is 15.4 Å². The summed E-state index contributed by atoms with van der Waals surface area (Å²) >= 11 is 0. The molecule has 8 heteroatoms. The van der Waals surface area contributed by atoms with Gasteiger partial charge in [-0.2, -0.15) is 0 Å². The summed E-state index contributed by atoms with van der Waals surface area (Å²) in [6.45, 7) is 0.198. The molecule has 0 aromatic heterocycles. The molecular weight excluding hydrogens is 257 g/mol. The standard InChI is InChI=1S/C12H12BN5O2/c13-9-3-1-8(2-4-9)5-17-12(18-15)10(11(14)20)6-16-7-19/h1-4,6-7,15H,5H2,(H2,14,20)(H,16,19)/b10-6+,17-12?,18-15?. The molecule has 0 fully saturated rings. The van der Waals surface area contributed by atoms with Crippen molar-refractivity contribution >= 4 is 31.5 Å². The van der Waals surface area contributed by atoms with E-state index in [9.17, 15) is 9.59 Å².